The Morgan fingerprint density at radius 2 is 1.93 bits per heavy atom. The SMILES string of the molecule is Cc1ccc2c(C)c(CCC(=O)NCCCn3ccc4ccccc43)c(=O)oc2c1. The second-order valence-electron chi connectivity index (χ2n) is 7.76. The van der Waals surface area contributed by atoms with Crippen LogP contribution in [0.1, 0.15) is 29.5 Å². The van der Waals surface area contributed by atoms with Crippen LogP contribution in [0.4, 0.5) is 0 Å². The third kappa shape index (κ3) is 4.15. The second-order valence-corrected chi connectivity index (χ2v) is 7.76. The van der Waals surface area contributed by atoms with Crippen LogP contribution in [0.3, 0.4) is 0 Å². The molecule has 1 amide bonds. The summed E-state index contributed by atoms with van der Waals surface area (Å²) in [6.07, 6.45) is 3.58. The molecule has 1 N–H and O–H groups in total. The van der Waals surface area contributed by atoms with E-state index in [0.29, 0.717) is 24.1 Å². The number of carbonyl (C=O) groups is 1. The molecule has 0 bridgehead atoms. The number of aromatic nitrogens is 1. The van der Waals surface area contributed by atoms with Crippen molar-refractivity contribution < 1.29 is 9.21 Å². The Morgan fingerprint density at radius 1 is 1.10 bits per heavy atom. The number of nitrogens with zero attached hydrogens (tertiary/aromatic N) is 1. The maximum absolute atomic E-state index is 12.4. The van der Waals surface area contributed by atoms with Gasteiger partial charge in [0, 0.05) is 42.2 Å². The van der Waals surface area contributed by atoms with Crippen molar-refractivity contribution in [1.82, 2.24) is 9.88 Å². The van der Waals surface area contributed by atoms with Crippen molar-refractivity contribution in [1.29, 1.82) is 0 Å². The Labute approximate surface area is 175 Å². The van der Waals surface area contributed by atoms with Gasteiger partial charge in [0.1, 0.15) is 5.58 Å². The summed E-state index contributed by atoms with van der Waals surface area (Å²) in [4.78, 5) is 24.6. The van der Waals surface area contributed by atoms with Crippen molar-refractivity contribution in [3.63, 3.8) is 0 Å². The molecule has 0 atom stereocenters. The monoisotopic (exact) mass is 402 g/mol. The van der Waals surface area contributed by atoms with Gasteiger partial charge in [-0.1, -0.05) is 30.3 Å². The fourth-order valence-electron chi connectivity index (χ4n) is 3.93. The first kappa shape index (κ1) is 20.0. The maximum Gasteiger partial charge on any atom is 0.339 e. The van der Waals surface area contributed by atoms with E-state index in [-0.39, 0.29) is 18.0 Å². The number of benzene rings is 2. The van der Waals surface area contributed by atoms with Crippen molar-refractivity contribution in [2.75, 3.05) is 6.54 Å². The minimum Gasteiger partial charge on any atom is -0.423 e. The summed E-state index contributed by atoms with van der Waals surface area (Å²) in [6, 6.07) is 16.2. The van der Waals surface area contributed by atoms with Crippen LogP contribution in [0.15, 0.2) is 63.9 Å². The van der Waals surface area contributed by atoms with Gasteiger partial charge >= 0.3 is 5.63 Å². The molecule has 0 spiro atoms. The lowest BCUT2D eigenvalue weighted by molar-refractivity contribution is -0.121. The van der Waals surface area contributed by atoms with Crippen LogP contribution < -0.4 is 10.9 Å². The Hall–Kier alpha value is -3.34. The molecular formula is C25H26N2O3. The van der Waals surface area contributed by atoms with Crippen LogP contribution in [0, 0.1) is 13.8 Å². The van der Waals surface area contributed by atoms with Gasteiger partial charge in [-0.2, -0.15) is 0 Å². The van der Waals surface area contributed by atoms with Gasteiger partial charge in [-0.3, -0.25) is 4.79 Å². The average molecular weight is 402 g/mol. The van der Waals surface area contributed by atoms with Gasteiger partial charge in [0.15, 0.2) is 0 Å². The molecule has 0 fully saturated rings. The summed E-state index contributed by atoms with van der Waals surface area (Å²) in [5, 5.41) is 5.11. The molecular weight excluding hydrogens is 376 g/mol. The number of rotatable bonds is 7. The Bertz CT molecular complexity index is 1270. The highest BCUT2D eigenvalue weighted by atomic mass is 16.4. The van der Waals surface area contributed by atoms with Crippen molar-refractivity contribution in [2.45, 2.75) is 39.7 Å². The predicted molar refractivity (Wildman–Crippen MR) is 120 cm³/mol. The highest BCUT2D eigenvalue weighted by molar-refractivity contribution is 5.82. The summed E-state index contributed by atoms with van der Waals surface area (Å²) in [6.45, 7) is 5.34. The molecule has 0 radical (unpaired) electrons. The fourth-order valence-corrected chi connectivity index (χ4v) is 3.93. The maximum atomic E-state index is 12.4. The van der Waals surface area contributed by atoms with Crippen LogP contribution in [0.2, 0.25) is 0 Å². The van der Waals surface area contributed by atoms with Gasteiger partial charge < -0.3 is 14.3 Å². The minimum absolute atomic E-state index is 0.0461. The quantitative estimate of drug-likeness (QED) is 0.366. The number of nitrogens with one attached hydrogen (secondary N) is 1. The number of fused-ring (bicyclic) bond motifs is 2. The molecule has 0 aliphatic carbocycles. The lowest BCUT2D eigenvalue weighted by Crippen LogP contribution is -2.26. The molecule has 0 unspecified atom stereocenters. The Morgan fingerprint density at radius 3 is 2.80 bits per heavy atom. The summed E-state index contributed by atoms with van der Waals surface area (Å²) in [7, 11) is 0. The van der Waals surface area contributed by atoms with Crippen LogP contribution in [-0.2, 0) is 17.8 Å². The van der Waals surface area contributed by atoms with Gasteiger partial charge in [0.05, 0.1) is 0 Å². The normalized spacial score (nSPS) is 11.3. The molecule has 0 aliphatic rings. The number of hydrogen-bond acceptors (Lipinski definition) is 3. The number of aryl methyl sites for hydroxylation is 3. The largest absolute Gasteiger partial charge is 0.423 e. The smallest absolute Gasteiger partial charge is 0.339 e. The van der Waals surface area contributed by atoms with E-state index in [1.807, 2.05) is 44.2 Å². The van der Waals surface area contributed by atoms with Crippen LogP contribution in [0.25, 0.3) is 21.9 Å². The molecule has 154 valence electrons. The lowest BCUT2D eigenvalue weighted by atomic mass is 10.0. The van der Waals surface area contributed by atoms with E-state index in [2.05, 4.69) is 34.3 Å². The van der Waals surface area contributed by atoms with Crippen molar-refractivity contribution in [3.05, 3.63) is 81.8 Å². The standard InChI is InChI=1S/C25H26N2O3/c1-17-8-9-20-18(2)21(25(29)30-23(20)16-17)10-11-24(28)26-13-5-14-27-15-12-19-6-3-4-7-22(19)27/h3-4,6-9,12,15-16H,5,10-11,13-14H2,1-2H3,(H,26,28). The van der Waals surface area contributed by atoms with Gasteiger partial charge in [0.2, 0.25) is 5.91 Å². The minimum atomic E-state index is -0.349. The third-order valence-electron chi connectivity index (χ3n) is 5.62. The molecule has 2 aromatic heterocycles. The molecule has 5 nitrogen and oxygen atoms in total. The Balaban J connectivity index is 1.31. The number of carbonyl (C=O) groups excluding carboxylic acids is 1. The zero-order valence-electron chi connectivity index (χ0n) is 17.4. The molecule has 4 rings (SSSR count). The summed E-state index contributed by atoms with van der Waals surface area (Å²) < 4.78 is 7.67. The van der Waals surface area contributed by atoms with E-state index in [9.17, 15) is 9.59 Å². The number of para-hydroxylation sites is 1. The molecule has 2 heterocycles. The molecule has 4 aromatic rings. The first-order valence-electron chi connectivity index (χ1n) is 10.4. The van der Waals surface area contributed by atoms with E-state index >= 15 is 0 Å². The van der Waals surface area contributed by atoms with Crippen LogP contribution in [0.5, 0.6) is 0 Å². The zero-order chi connectivity index (χ0) is 21.1. The van der Waals surface area contributed by atoms with Crippen LogP contribution >= 0.6 is 0 Å². The van der Waals surface area contributed by atoms with E-state index in [1.54, 1.807) is 0 Å². The second kappa shape index (κ2) is 8.57. The summed E-state index contributed by atoms with van der Waals surface area (Å²) >= 11 is 0. The highest BCUT2D eigenvalue weighted by Crippen LogP contribution is 2.21. The first-order valence-corrected chi connectivity index (χ1v) is 10.4. The van der Waals surface area contributed by atoms with Crippen molar-refractivity contribution >= 4 is 27.8 Å². The van der Waals surface area contributed by atoms with E-state index in [0.717, 1.165) is 29.5 Å². The van der Waals surface area contributed by atoms with E-state index in [1.165, 1.54) is 10.9 Å². The average Bonchev–Trinajstić information content (AvgIpc) is 3.14. The van der Waals surface area contributed by atoms with Gasteiger partial charge in [0.25, 0.3) is 0 Å². The molecule has 2 aromatic carbocycles. The van der Waals surface area contributed by atoms with Crippen LogP contribution in [-0.4, -0.2) is 17.0 Å². The van der Waals surface area contributed by atoms with Crippen molar-refractivity contribution in [2.24, 2.45) is 0 Å². The zero-order valence-corrected chi connectivity index (χ0v) is 17.4. The fraction of sp³-hybridized carbons (Fsp3) is 0.280. The topological polar surface area (TPSA) is 64.2 Å². The van der Waals surface area contributed by atoms with Gasteiger partial charge in [-0.05, 0) is 61.4 Å². The van der Waals surface area contributed by atoms with Gasteiger partial charge in [-0.15, -0.1) is 0 Å². The number of hydrogen-bond donors (Lipinski definition) is 1. The highest BCUT2D eigenvalue weighted by Gasteiger charge is 2.13. The van der Waals surface area contributed by atoms with E-state index in [4.69, 9.17) is 4.42 Å². The molecule has 5 heteroatoms. The lowest BCUT2D eigenvalue weighted by Gasteiger charge is -2.09. The molecule has 0 aliphatic heterocycles. The third-order valence-corrected chi connectivity index (χ3v) is 5.62. The first-order chi connectivity index (χ1) is 14.5. The molecule has 0 saturated carbocycles. The predicted octanol–water partition coefficient (Wildman–Crippen LogP) is 4.50. The van der Waals surface area contributed by atoms with Gasteiger partial charge in [-0.25, -0.2) is 4.79 Å². The van der Waals surface area contributed by atoms with E-state index < -0.39 is 0 Å². The summed E-state index contributed by atoms with van der Waals surface area (Å²) in [5.74, 6) is -0.0461. The number of amides is 1. The molecule has 30 heavy (non-hydrogen) atoms. The van der Waals surface area contributed by atoms with Crippen molar-refractivity contribution in [3.8, 4) is 0 Å². The summed E-state index contributed by atoms with van der Waals surface area (Å²) in [5.41, 5.74) is 3.98. The Kier molecular flexibility index (Phi) is 5.70. The molecule has 0 saturated heterocycles.